The maximum atomic E-state index is 13.9. The summed E-state index contributed by atoms with van der Waals surface area (Å²) < 4.78 is 106. The van der Waals surface area contributed by atoms with Gasteiger partial charge in [0.2, 0.25) is 15.8 Å². The molecule has 0 atom stereocenters. The Morgan fingerprint density at radius 1 is 0.889 bits per heavy atom. The third-order valence-electron chi connectivity index (χ3n) is 3.38. The molecule has 0 aliphatic carbocycles. The van der Waals surface area contributed by atoms with E-state index in [2.05, 4.69) is 0 Å². The molecule has 0 unspecified atom stereocenters. The van der Waals surface area contributed by atoms with E-state index in [1.54, 1.807) is 0 Å². The summed E-state index contributed by atoms with van der Waals surface area (Å²) in [5.41, 5.74) is -0.383. The Morgan fingerprint density at radius 3 is 1.85 bits per heavy atom. The first-order valence-corrected chi connectivity index (χ1v) is 8.39. The molecule has 0 radical (unpaired) electrons. The van der Waals surface area contributed by atoms with Crippen LogP contribution in [0, 0.1) is 34.9 Å². The number of aliphatic carboxylic acids is 1. The first kappa shape index (κ1) is 20.7. The molecule has 1 N–H and O–H groups in total. The van der Waals surface area contributed by atoms with Crippen LogP contribution in [0.2, 0.25) is 0 Å². The molecule has 0 fully saturated rings. The highest BCUT2D eigenvalue weighted by Crippen LogP contribution is 2.29. The number of hydrogen-bond acceptors (Lipinski definition) is 3. The third kappa shape index (κ3) is 3.90. The Hall–Kier alpha value is -2.60. The van der Waals surface area contributed by atoms with Crippen molar-refractivity contribution >= 4 is 16.0 Å². The highest BCUT2D eigenvalue weighted by molar-refractivity contribution is 7.89. The van der Waals surface area contributed by atoms with E-state index in [4.69, 9.17) is 5.11 Å². The molecular weight excluding hydrogens is 404 g/mol. The monoisotopic (exact) mass is 413 g/mol. The maximum absolute atomic E-state index is 13.9. The van der Waals surface area contributed by atoms with Gasteiger partial charge in [0.15, 0.2) is 28.2 Å². The van der Waals surface area contributed by atoms with Crippen molar-refractivity contribution in [2.24, 2.45) is 0 Å². The number of halogens is 6. The quantitative estimate of drug-likeness (QED) is 0.449. The number of sulfonamides is 1. The summed E-state index contributed by atoms with van der Waals surface area (Å²) in [6.45, 7) is -2.45. The summed E-state index contributed by atoms with van der Waals surface area (Å²) in [4.78, 5) is 8.70. The predicted octanol–water partition coefficient (Wildman–Crippen LogP) is 2.80. The summed E-state index contributed by atoms with van der Waals surface area (Å²) in [5.74, 6) is -15.7. The average molecular weight is 413 g/mol. The van der Waals surface area contributed by atoms with Crippen molar-refractivity contribution in [3.8, 4) is 0 Å². The molecule has 146 valence electrons. The topological polar surface area (TPSA) is 74.7 Å². The van der Waals surface area contributed by atoms with Gasteiger partial charge in [-0.25, -0.2) is 34.8 Å². The van der Waals surface area contributed by atoms with E-state index in [0.29, 0.717) is 0 Å². The predicted molar refractivity (Wildman–Crippen MR) is 77.9 cm³/mol. The summed E-state index contributed by atoms with van der Waals surface area (Å²) in [7, 11) is -5.55. The molecule has 0 bridgehead atoms. The fraction of sp³-hybridized carbons (Fsp3) is 0.133. The standard InChI is InChI=1S/C15H9F6NO4S/c16-8-4-2-1-3-7(8)5-22(6-9(23)24)27(25,26)15-13(20)11(18)10(17)12(19)14(15)21/h1-4H,5-6H2,(H,23,24). The lowest BCUT2D eigenvalue weighted by molar-refractivity contribution is -0.137. The van der Waals surface area contributed by atoms with Gasteiger partial charge < -0.3 is 5.11 Å². The molecule has 0 aromatic heterocycles. The van der Waals surface area contributed by atoms with Crippen LogP contribution in [0.1, 0.15) is 5.56 Å². The van der Waals surface area contributed by atoms with Crippen LogP contribution in [0.3, 0.4) is 0 Å². The van der Waals surface area contributed by atoms with Gasteiger partial charge >= 0.3 is 5.97 Å². The van der Waals surface area contributed by atoms with Crippen LogP contribution in [0.15, 0.2) is 29.2 Å². The third-order valence-corrected chi connectivity index (χ3v) is 5.20. The first-order valence-electron chi connectivity index (χ1n) is 6.95. The van der Waals surface area contributed by atoms with Gasteiger partial charge in [-0.05, 0) is 6.07 Å². The number of carboxylic acid groups (broad SMARTS) is 1. The molecule has 0 saturated carbocycles. The summed E-state index contributed by atoms with van der Waals surface area (Å²) >= 11 is 0. The summed E-state index contributed by atoms with van der Waals surface area (Å²) in [6.07, 6.45) is 0. The average Bonchev–Trinajstić information content (AvgIpc) is 2.59. The summed E-state index contributed by atoms with van der Waals surface area (Å²) in [6, 6.07) is 4.46. The van der Waals surface area contributed by atoms with Gasteiger partial charge in [-0.2, -0.15) is 4.31 Å². The molecule has 0 saturated heterocycles. The van der Waals surface area contributed by atoms with Crippen molar-refractivity contribution < 1.29 is 44.7 Å². The highest BCUT2D eigenvalue weighted by Gasteiger charge is 2.38. The number of rotatable bonds is 6. The molecule has 0 aliphatic rings. The van der Waals surface area contributed by atoms with Gasteiger partial charge in [0.05, 0.1) is 0 Å². The molecule has 2 rings (SSSR count). The zero-order valence-electron chi connectivity index (χ0n) is 13.0. The van der Waals surface area contributed by atoms with E-state index >= 15 is 0 Å². The fourth-order valence-corrected chi connectivity index (χ4v) is 3.61. The zero-order chi connectivity index (χ0) is 20.5. The molecule has 27 heavy (non-hydrogen) atoms. The van der Waals surface area contributed by atoms with Crippen LogP contribution in [-0.4, -0.2) is 30.3 Å². The van der Waals surface area contributed by atoms with E-state index in [0.717, 1.165) is 12.1 Å². The molecule has 0 amide bonds. The molecule has 0 spiro atoms. The van der Waals surface area contributed by atoms with E-state index in [9.17, 15) is 39.6 Å². The first-order chi connectivity index (χ1) is 12.5. The van der Waals surface area contributed by atoms with Gasteiger partial charge in [-0.1, -0.05) is 18.2 Å². The van der Waals surface area contributed by atoms with Crippen molar-refractivity contribution in [3.05, 3.63) is 64.7 Å². The molecule has 0 heterocycles. The Labute approximate surface area is 148 Å². The van der Waals surface area contributed by atoms with Crippen molar-refractivity contribution in [1.29, 1.82) is 0 Å². The second kappa shape index (κ2) is 7.56. The molecular formula is C15H9F6NO4S. The molecule has 2 aromatic rings. The Morgan fingerprint density at radius 2 is 1.37 bits per heavy atom. The minimum Gasteiger partial charge on any atom is -0.480 e. The highest BCUT2D eigenvalue weighted by atomic mass is 32.2. The second-order valence-corrected chi connectivity index (χ2v) is 7.03. The number of benzene rings is 2. The van der Waals surface area contributed by atoms with Crippen LogP contribution in [0.4, 0.5) is 26.3 Å². The molecule has 5 nitrogen and oxygen atoms in total. The minimum atomic E-state index is -5.55. The number of nitrogens with zero attached hydrogens (tertiary/aromatic N) is 1. The number of carbonyl (C=O) groups is 1. The SMILES string of the molecule is O=C(O)CN(Cc1ccccc1F)S(=O)(=O)c1c(F)c(F)c(F)c(F)c1F. The Kier molecular flexibility index (Phi) is 5.80. The van der Waals surface area contributed by atoms with Crippen molar-refractivity contribution in [3.63, 3.8) is 0 Å². The van der Waals surface area contributed by atoms with Crippen LogP contribution in [0.5, 0.6) is 0 Å². The maximum Gasteiger partial charge on any atom is 0.318 e. The number of hydrogen-bond donors (Lipinski definition) is 1. The minimum absolute atomic E-state index is 0.119. The zero-order valence-corrected chi connectivity index (χ0v) is 13.8. The van der Waals surface area contributed by atoms with E-state index < -0.39 is 68.9 Å². The normalized spacial score (nSPS) is 11.8. The lowest BCUT2D eigenvalue weighted by Crippen LogP contribution is -2.37. The van der Waals surface area contributed by atoms with Gasteiger partial charge in [-0.3, -0.25) is 4.79 Å². The smallest absolute Gasteiger partial charge is 0.318 e. The van der Waals surface area contributed by atoms with Crippen molar-refractivity contribution in [2.45, 2.75) is 11.4 Å². The fourth-order valence-electron chi connectivity index (χ4n) is 2.13. The van der Waals surface area contributed by atoms with Gasteiger partial charge in [-0.15, -0.1) is 0 Å². The molecule has 0 aliphatic heterocycles. The number of carboxylic acids is 1. The Bertz CT molecular complexity index is 983. The lowest BCUT2D eigenvalue weighted by atomic mass is 10.2. The second-order valence-electron chi connectivity index (χ2n) is 5.16. The molecule has 12 heteroatoms. The molecule has 2 aromatic carbocycles. The Balaban J connectivity index is 2.65. The van der Waals surface area contributed by atoms with Gasteiger partial charge in [0, 0.05) is 12.1 Å². The van der Waals surface area contributed by atoms with E-state index in [-0.39, 0.29) is 9.87 Å². The van der Waals surface area contributed by atoms with Crippen molar-refractivity contribution in [2.75, 3.05) is 6.54 Å². The lowest BCUT2D eigenvalue weighted by Gasteiger charge is -2.21. The van der Waals surface area contributed by atoms with Gasteiger partial charge in [0.1, 0.15) is 12.4 Å². The van der Waals surface area contributed by atoms with Crippen LogP contribution < -0.4 is 0 Å². The summed E-state index contributed by atoms with van der Waals surface area (Å²) in [5, 5.41) is 8.84. The van der Waals surface area contributed by atoms with Crippen molar-refractivity contribution in [1.82, 2.24) is 4.31 Å². The van der Waals surface area contributed by atoms with Crippen LogP contribution in [0.25, 0.3) is 0 Å². The largest absolute Gasteiger partial charge is 0.480 e. The van der Waals surface area contributed by atoms with Gasteiger partial charge in [0.25, 0.3) is 0 Å². The van der Waals surface area contributed by atoms with Crippen LogP contribution in [-0.2, 0) is 21.4 Å². The van der Waals surface area contributed by atoms with E-state index in [1.807, 2.05) is 0 Å². The van der Waals surface area contributed by atoms with E-state index in [1.165, 1.54) is 12.1 Å². The van der Waals surface area contributed by atoms with Crippen LogP contribution >= 0.6 is 0 Å².